The van der Waals surface area contributed by atoms with Gasteiger partial charge in [-0.25, -0.2) is 9.78 Å². The Morgan fingerprint density at radius 3 is 2.85 bits per heavy atom. The van der Waals surface area contributed by atoms with E-state index in [1.54, 1.807) is 13.2 Å². The highest BCUT2D eigenvalue weighted by Crippen LogP contribution is 2.27. The molecule has 1 aliphatic rings. The summed E-state index contributed by atoms with van der Waals surface area (Å²) >= 11 is 1.28. The third-order valence-electron chi connectivity index (χ3n) is 4.50. The van der Waals surface area contributed by atoms with Crippen LogP contribution in [0.1, 0.15) is 18.4 Å². The number of carbonyl (C=O) groups excluding carboxylic acids is 1. The fourth-order valence-electron chi connectivity index (χ4n) is 3.00. The molecule has 0 bridgehead atoms. The molecule has 2 aromatic heterocycles. The number of ether oxygens (including phenoxy) is 1. The largest absolute Gasteiger partial charge is 0.376 e. The van der Waals surface area contributed by atoms with Crippen LogP contribution in [-0.4, -0.2) is 45.0 Å². The summed E-state index contributed by atoms with van der Waals surface area (Å²) in [5, 5.41) is 3.24. The molecule has 9 heteroatoms. The first-order valence-corrected chi connectivity index (χ1v) is 9.45. The minimum absolute atomic E-state index is 0.0919. The van der Waals surface area contributed by atoms with Gasteiger partial charge < -0.3 is 10.1 Å². The molecule has 0 saturated carbocycles. The monoisotopic (exact) mass is 378 g/mol. The number of aromatic nitrogens is 3. The summed E-state index contributed by atoms with van der Waals surface area (Å²) in [6.07, 6.45) is 3.70. The molecule has 1 saturated heterocycles. The van der Waals surface area contributed by atoms with E-state index in [1.807, 2.05) is 6.92 Å². The number of pyridine rings is 1. The second-order valence-electron chi connectivity index (χ2n) is 6.40. The van der Waals surface area contributed by atoms with Crippen molar-refractivity contribution in [3.63, 3.8) is 0 Å². The minimum atomic E-state index is -0.427. The molecular weight excluding hydrogens is 356 g/mol. The van der Waals surface area contributed by atoms with E-state index in [2.05, 4.69) is 10.3 Å². The van der Waals surface area contributed by atoms with Gasteiger partial charge in [0.2, 0.25) is 5.91 Å². The molecule has 0 aromatic carbocycles. The molecular formula is C17H22N4O4S. The van der Waals surface area contributed by atoms with Crippen LogP contribution in [0.2, 0.25) is 0 Å². The Balaban J connectivity index is 1.83. The average molecular weight is 378 g/mol. The van der Waals surface area contributed by atoms with Crippen molar-refractivity contribution in [2.45, 2.75) is 30.8 Å². The summed E-state index contributed by atoms with van der Waals surface area (Å²) in [4.78, 5) is 41.7. The van der Waals surface area contributed by atoms with Gasteiger partial charge in [0.05, 0.1) is 17.2 Å². The summed E-state index contributed by atoms with van der Waals surface area (Å²) in [6.45, 7) is 3.09. The van der Waals surface area contributed by atoms with Gasteiger partial charge in [0.25, 0.3) is 5.56 Å². The number of thioether (sulfide) groups is 1. The smallest absolute Gasteiger partial charge is 0.332 e. The van der Waals surface area contributed by atoms with E-state index in [9.17, 15) is 14.4 Å². The molecule has 3 heterocycles. The van der Waals surface area contributed by atoms with E-state index in [0.29, 0.717) is 22.5 Å². The summed E-state index contributed by atoms with van der Waals surface area (Å²) in [5.41, 5.74) is 0.293. The van der Waals surface area contributed by atoms with E-state index in [0.717, 1.165) is 29.6 Å². The molecule has 1 amide bonds. The van der Waals surface area contributed by atoms with Crippen molar-refractivity contribution in [1.29, 1.82) is 0 Å². The summed E-state index contributed by atoms with van der Waals surface area (Å²) in [7, 11) is 3.02. The molecule has 8 nitrogen and oxygen atoms in total. The number of amides is 1. The van der Waals surface area contributed by atoms with E-state index >= 15 is 0 Å². The van der Waals surface area contributed by atoms with Crippen LogP contribution < -0.4 is 16.6 Å². The maximum atomic E-state index is 12.6. The predicted octanol–water partition coefficient (Wildman–Crippen LogP) is 0.328. The Morgan fingerprint density at radius 1 is 1.38 bits per heavy atom. The first kappa shape index (κ1) is 18.7. The lowest BCUT2D eigenvalue weighted by Crippen LogP contribution is -2.37. The first-order chi connectivity index (χ1) is 12.4. The van der Waals surface area contributed by atoms with Gasteiger partial charge in [-0.1, -0.05) is 0 Å². The fourth-order valence-corrected chi connectivity index (χ4v) is 3.99. The second kappa shape index (κ2) is 7.63. The molecule has 26 heavy (non-hydrogen) atoms. The normalized spacial score (nSPS) is 17.0. The average Bonchev–Trinajstić information content (AvgIpc) is 3.15. The molecule has 0 spiro atoms. The summed E-state index contributed by atoms with van der Waals surface area (Å²) < 4.78 is 7.90. The van der Waals surface area contributed by atoms with Crippen molar-refractivity contribution in [3.8, 4) is 0 Å². The van der Waals surface area contributed by atoms with Crippen molar-refractivity contribution < 1.29 is 9.53 Å². The lowest BCUT2D eigenvalue weighted by atomic mass is 10.2. The molecule has 1 N–H and O–H groups in total. The minimum Gasteiger partial charge on any atom is -0.376 e. The SMILES string of the molecule is Cc1cnc2c(c1SCC(=O)NC[C@H]1CCCO1)c(=O)n(C)c(=O)n2C. The number of hydrogen-bond donors (Lipinski definition) is 1. The number of nitrogens with one attached hydrogen (secondary N) is 1. The topological polar surface area (TPSA) is 95.2 Å². The van der Waals surface area contributed by atoms with Gasteiger partial charge in [0.15, 0.2) is 0 Å². The molecule has 0 radical (unpaired) electrons. The van der Waals surface area contributed by atoms with Gasteiger partial charge in [-0.15, -0.1) is 11.8 Å². The summed E-state index contributed by atoms with van der Waals surface area (Å²) in [6, 6.07) is 0. The van der Waals surface area contributed by atoms with Gasteiger partial charge in [0.1, 0.15) is 5.65 Å². The van der Waals surface area contributed by atoms with E-state index in [4.69, 9.17) is 4.74 Å². The van der Waals surface area contributed by atoms with Crippen LogP contribution in [0.15, 0.2) is 20.7 Å². The molecule has 2 aromatic rings. The van der Waals surface area contributed by atoms with Crippen molar-refractivity contribution in [2.24, 2.45) is 14.1 Å². The molecule has 140 valence electrons. The zero-order valence-electron chi connectivity index (χ0n) is 15.1. The summed E-state index contributed by atoms with van der Waals surface area (Å²) in [5.74, 6) is 0.0649. The fraction of sp³-hybridized carbons (Fsp3) is 0.529. The van der Waals surface area contributed by atoms with E-state index in [1.165, 1.54) is 23.4 Å². The highest BCUT2D eigenvalue weighted by Gasteiger charge is 2.18. The first-order valence-electron chi connectivity index (χ1n) is 8.46. The Kier molecular flexibility index (Phi) is 5.47. The van der Waals surface area contributed by atoms with Crippen LogP contribution >= 0.6 is 11.8 Å². The number of aryl methyl sites for hydroxylation is 2. The highest BCUT2D eigenvalue weighted by atomic mass is 32.2. The Bertz CT molecular complexity index is 960. The van der Waals surface area contributed by atoms with E-state index in [-0.39, 0.29) is 17.8 Å². The van der Waals surface area contributed by atoms with Crippen LogP contribution in [0.25, 0.3) is 11.0 Å². The maximum absolute atomic E-state index is 12.6. The van der Waals surface area contributed by atoms with Gasteiger partial charge in [-0.05, 0) is 25.3 Å². The van der Waals surface area contributed by atoms with Gasteiger partial charge in [0, 0.05) is 38.3 Å². The quantitative estimate of drug-likeness (QED) is 0.754. The van der Waals surface area contributed by atoms with Crippen LogP contribution in [-0.2, 0) is 23.6 Å². The van der Waals surface area contributed by atoms with E-state index < -0.39 is 11.2 Å². The maximum Gasteiger partial charge on any atom is 0.332 e. The van der Waals surface area contributed by atoms with Crippen LogP contribution in [0, 0.1) is 6.92 Å². The molecule has 0 unspecified atom stereocenters. The number of rotatable bonds is 5. The second-order valence-corrected chi connectivity index (χ2v) is 7.39. The Morgan fingerprint density at radius 2 is 2.15 bits per heavy atom. The molecule has 3 rings (SSSR count). The third-order valence-corrected chi connectivity index (χ3v) is 5.72. The standard InChI is InChI=1S/C17H22N4O4S/c1-10-7-19-15-13(16(23)21(3)17(24)20(15)2)14(10)26-9-12(22)18-8-11-5-4-6-25-11/h7,11H,4-6,8-9H2,1-3H3,(H,18,22)/t11-/m1/s1. The highest BCUT2D eigenvalue weighted by molar-refractivity contribution is 8.00. The van der Waals surface area contributed by atoms with Gasteiger partial charge in [-0.2, -0.15) is 0 Å². The number of fused-ring (bicyclic) bond motifs is 1. The Labute approximate surface area is 154 Å². The van der Waals surface area contributed by atoms with Crippen molar-refractivity contribution in [2.75, 3.05) is 18.9 Å². The zero-order valence-corrected chi connectivity index (χ0v) is 15.9. The van der Waals surface area contributed by atoms with Crippen LogP contribution in [0.4, 0.5) is 0 Å². The molecule has 1 fully saturated rings. The number of nitrogens with zero attached hydrogens (tertiary/aromatic N) is 3. The Hall–Kier alpha value is -2.13. The number of hydrogen-bond acceptors (Lipinski definition) is 6. The third kappa shape index (κ3) is 3.54. The number of carbonyl (C=O) groups is 1. The van der Waals surface area contributed by atoms with Crippen molar-refractivity contribution in [1.82, 2.24) is 19.4 Å². The lowest BCUT2D eigenvalue weighted by molar-refractivity contribution is -0.119. The van der Waals surface area contributed by atoms with Crippen LogP contribution in [0.5, 0.6) is 0 Å². The van der Waals surface area contributed by atoms with Gasteiger partial charge >= 0.3 is 5.69 Å². The zero-order chi connectivity index (χ0) is 18.8. The lowest BCUT2D eigenvalue weighted by Gasteiger charge is -2.13. The predicted molar refractivity (Wildman–Crippen MR) is 99.7 cm³/mol. The van der Waals surface area contributed by atoms with Gasteiger partial charge in [-0.3, -0.25) is 18.7 Å². The van der Waals surface area contributed by atoms with Crippen molar-refractivity contribution >= 4 is 28.7 Å². The molecule has 1 atom stereocenters. The molecule has 1 aliphatic heterocycles. The van der Waals surface area contributed by atoms with Crippen LogP contribution in [0.3, 0.4) is 0 Å². The molecule has 0 aliphatic carbocycles. The van der Waals surface area contributed by atoms with Crippen molar-refractivity contribution in [3.05, 3.63) is 32.6 Å².